The van der Waals surface area contributed by atoms with Gasteiger partial charge >= 0.3 is 25.8 Å². The summed E-state index contributed by atoms with van der Waals surface area (Å²) in [5, 5.41) is 9.34. The number of fused-ring (bicyclic) bond motifs is 2. The van der Waals surface area contributed by atoms with Crippen LogP contribution in [0.3, 0.4) is 0 Å². The Morgan fingerprint density at radius 3 is 0.957 bits per heavy atom. The van der Waals surface area contributed by atoms with Crippen LogP contribution in [-0.2, 0) is 25.8 Å². The quantitative estimate of drug-likeness (QED) is 0.116. The first kappa shape index (κ1) is 39.0. The number of benzene rings is 2. The third kappa shape index (κ3) is 9.73. The number of hydrogen-bond acceptors (Lipinski definition) is 0. The molecule has 0 nitrogen and oxygen atoms in total. The molecule has 0 heterocycles. The first-order valence-electron chi connectivity index (χ1n) is 18.7. The molecular formula is C42H56F2HfP2. The van der Waals surface area contributed by atoms with Gasteiger partial charge in [-0.3, -0.25) is 0 Å². The maximum Gasteiger partial charge on any atom is 4.00 e. The molecule has 4 fully saturated rings. The topological polar surface area (TPSA) is 0 Å². The molecule has 4 saturated carbocycles. The van der Waals surface area contributed by atoms with Gasteiger partial charge in [0.25, 0.3) is 0 Å². The fourth-order valence-corrected chi connectivity index (χ4v) is 17.2. The van der Waals surface area contributed by atoms with Crippen LogP contribution < -0.4 is 20.0 Å². The standard InChI is InChI=1S/2C21H28P.2FH.Hf/c2*1-3-11-19(12-4-1)22(20-13-5-2-6-14-20)21-15-17-9-7-8-10-18(17)16-21;;;/h2*7-10,15-16,19-20H,1-6,11-14H2;2*1H;/q2*-1;;;+4/p-2. The van der Waals surface area contributed by atoms with Crippen LogP contribution in [0.5, 0.6) is 0 Å². The molecule has 4 aliphatic carbocycles. The molecule has 5 heteroatoms. The van der Waals surface area contributed by atoms with Crippen molar-refractivity contribution in [2.45, 2.75) is 151 Å². The second kappa shape index (κ2) is 19.6. The minimum atomic E-state index is 0. The SMILES string of the molecule is [F-].[F-].[Hf+4].c1ccc2[cH-]c(P(C3CCCCC3)C3CCCCC3)cc2c1.c1ccc2[cH-]c(P(C3CCCCC3)C3CCCCC3)cc2c1. The zero-order valence-corrected chi connectivity index (χ0v) is 33.9. The van der Waals surface area contributed by atoms with Crippen molar-refractivity contribution < 1.29 is 35.3 Å². The van der Waals surface area contributed by atoms with Crippen LogP contribution in [0.2, 0.25) is 0 Å². The molecule has 0 spiro atoms. The van der Waals surface area contributed by atoms with Crippen molar-refractivity contribution in [2.75, 3.05) is 0 Å². The predicted molar refractivity (Wildman–Crippen MR) is 200 cm³/mol. The van der Waals surface area contributed by atoms with Gasteiger partial charge in [-0.05, 0) is 74.0 Å². The summed E-state index contributed by atoms with van der Waals surface area (Å²) in [5.41, 5.74) is 4.07. The van der Waals surface area contributed by atoms with Crippen molar-refractivity contribution in [3.05, 3.63) is 72.8 Å². The number of halogens is 2. The van der Waals surface area contributed by atoms with E-state index in [9.17, 15) is 0 Å². The Hall–Kier alpha value is -0.750. The molecule has 0 aliphatic heterocycles. The van der Waals surface area contributed by atoms with Crippen molar-refractivity contribution in [3.8, 4) is 0 Å². The third-order valence-corrected chi connectivity index (χ3v) is 18.6. The van der Waals surface area contributed by atoms with Crippen molar-refractivity contribution in [1.29, 1.82) is 0 Å². The van der Waals surface area contributed by atoms with E-state index < -0.39 is 0 Å². The Kier molecular flexibility index (Phi) is 16.3. The number of hydrogen-bond donors (Lipinski definition) is 0. The molecule has 4 aliphatic rings. The molecular weight excluding hydrogens is 783 g/mol. The van der Waals surface area contributed by atoms with Crippen LogP contribution in [0.25, 0.3) is 21.5 Å². The Labute approximate surface area is 305 Å². The maximum atomic E-state index is 2.55. The van der Waals surface area contributed by atoms with E-state index in [1.54, 1.807) is 10.6 Å². The summed E-state index contributed by atoms with van der Waals surface area (Å²) in [7, 11) is 0.122. The summed E-state index contributed by atoms with van der Waals surface area (Å²) in [5.74, 6) is 0. The van der Waals surface area contributed by atoms with Gasteiger partial charge in [-0.25, -0.2) is 0 Å². The first-order valence-corrected chi connectivity index (χ1v) is 21.7. The maximum absolute atomic E-state index is 2.55. The Balaban J connectivity index is 0.000000200. The van der Waals surface area contributed by atoms with E-state index in [2.05, 4.69) is 72.8 Å². The average Bonchev–Trinajstić information content (AvgIpc) is 3.72. The van der Waals surface area contributed by atoms with Gasteiger partial charge in [0.15, 0.2) is 0 Å². The average molecular weight is 839 g/mol. The van der Waals surface area contributed by atoms with E-state index in [0.29, 0.717) is 0 Å². The van der Waals surface area contributed by atoms with Gasteiger partial charge in [0.1, 0.15) is 0 Å². The van der Waals surface area contributed by atoms with Gasteiger partial charge in [-0.1, -0.05) is 105 Å². The van der Waals surface area contributed by atoms with Gasteiger partial charge in [0.2, 0.25) is 0 Å². The molecule has 252 valence electrons. The van der Waals surface area contributed by atoms with Crippen molar-refractivity contribution >= 4 is 48.0 Å². The Morgan fingerprint density at radius 1 is 0.404 bits per heavy atom. The van der Waals surface area contributed by atoms with Crippen molar-refractivity contribution in [3.63, 3.8) is 0 Å². The van der Waals surface area contributed by atoms with Crippen molar-refractivity contribution in [1.82, 2.24) is 0 Å². The van der Waals surface area contributed by atoms with Crippen LogP contribution in [-0.4, -0.2) is 22.6 Å². The van der Waals surface area contributed by atoms with Crippen LogP contribution >= 0.6 is 15.8 Å². The van der Waals surface area contributed by atoms with Gasteiger partial charge in [0, 0.05) is 0 Å². The monoisotopic (exact) mass is 840 g/mol. The second-order valence-electron chi connectivity index (χ2n) is 14.7. The fraction of sp³-hybridized carbons (Fsp3) is 0.571. The smallest absolute Gasteiger partial charge is 1.00 e. The fourth-order valence-electron chi connectivity index (χ4n) is 9.44. The molecule has 0 aromatic heterocycles. The molecule has 0 N–H and O–H groups in total. The summed E-state index contributed by atoms with van der Waals surface area (Å²) in [4.78, 5) is 0. The van der Waals surface area contributed by atoms with Crippen LogP contribution in [0.4, 0.5) is 0 Å². The molecule has 4 aromatic carbocycles. The molecule has 0 amide bonds. The van der Waals surface area contributed by atoms with E-state index in [0.717, 1.165) is 22.6 Å². The third-order valence-electron chi connectivity index (χ3n) is 11.7. The van der Waals surface area contributed by atoms with Gasteiger partial charge in [0.05, 0.1) is 0 Å². The second-order valence-corrected chi connectivity index (χ2v) is 20.2. The molecule has 0 saturated heterocycles. The van der Waals surface area contributed by atoms with Crippen LogP contribution in [0, 0.1) is 0 Å². The van der Waals surface area contributed by atoms with E-state index in [-0.39, 0.29) is 51.1 Å². The summed E-state index contributed by atoms with van der Waals surface area (Å²) >= 11 is 0. The predicted octanol–water partition coefficient (Wildman–Crippen LogP) is 6.67. The minimum Gasteiger partial charge on any atom is -1.00 e. The first-order chi connectivity index (χ1) is 21.8. The summed E-state index contributed by atoms with van der Waals surface area (Å²) in [6, 6.07) is 28.1. The zero-order valence-electron chi connectivity index (χ0n) is 28.5. The van der Waals surface area contributed by atoms with Crippen LogP contribution in [0.1, 0.15) is 128 Å². The van der Waals surface area contributed by atoms with Gasteiger partial charge in [-0.2, -0.15) is 12.1 Å². The van der Waals surface area contributed by atoms with E-state index in [1.807, 2.05) is 0 Å². The molecule has 8 rings (SSSR count). The van der Waals surface area contributed by atoms with E-state index in [4.69, 9.17) is 0 Å². The summed E-state index contributed by atoms with van der Waals surface area (Å²) in [6.07, 6.45) is 29.8. The Morgan fingerprint density at radius 2 is 0.681 bits per heavy atom. The normalized spacial score (nSPS) is 20.3. The molecule has 0 atom stereocenters. The Bertz CT molecular complexity index is 1230. The van der Waals surface area contributed by atoms with Crippen LogP contribution in [0.15, 0.2) is 72.8 Å². The van der Waals surface area contributed by atoms with Crippen molar-refractivity contribution in [2.24, 2.45) is 0 Å². The van der Waals surface area contributed by atoms with E-state index >= 15 is 0 Å². The minimum absolute atomic E-state index is 0. The van der Waals surface area contributed by atoms with Gasteiger partial charge in [-0.15, -0.1) is 80.7 Å². The molecule has 0 radical (unpaired) electrons. The number of rotatable bonds is 6. The summed E-state index contributed by atoms with van der Waals surface area (Å²) < 4.78 is 0. The summed E-state index contributed by atoms with van der Waals surface area (Å²) in [6.45, 7) is 0. The van der Waals surface area contributed by atoms with E-state index in [1.165, 1.54) is 150 Å². The van der Waals surface area contributed by atoms with Gasteiger partial charge < -0.3 is 9.41 Å². The largest absolute Gasteiger partial charge is 4.00 e. The molecule has 47 heavy (non-hydrogen) atoms. The molecule has 4 aromatic rings. The molecule has 0 unspecified atom stereocenters. The molecule has 0 bridgehead atoms. The zero-order chi connectivity index (χ0) is 29.6.